The van der Waals surface area contributed by atoms with Crippen molar-refractivity contribution in [1.82, 2.24) is 0 Å². The first-order chi connectivity index (χ1) is 16.7. The number of halogens is 2. The summed E-state index contributed by atoms with van der Waals surface area (Å²) in [7, 11) is 0. The molecule has 0 spiro atoms. The molecule has 11 heteroatoms. The second-order valence-corrected chi connectivity index (χ2v) is 9.36. The summed E-state index contributed by atoms with van der Waals surface area (Å²) in [6.07, 6.45) is 1.43. The van der Waals surface area contributed by atoms with E-state index in [0.29, 0.717) is 11.3 Å². The quantitative estimate of drug-likeness (QED) is 0.102. The molecular weight excluding hydrogens is 680 g/mol. The summed E-state index contributed by atoms with van der Waals surface area (Å²) < 4.78 is 7.39. The van der Waals surface area contributed by atoms with Gasteiger partial charge in [-0.25, -0.2) is 4.79 Å². The highest BCUT2D eigenvalue weighted by Gasteiger charge is 2.14. The average Bonchev–Trinajstić information content (AvgIpc) is 2.82. The van der Waals surface area contributed by atoms with Gasteiger partial charge in [0, 0.05) is 17.8 Å². The van der Waals surface area contributed by atoms with Gasteiger partial charge in [0.1, 0.15) is 24.0 Å². The SMILES string of the molecule is N#C/C(=C/c1cc(I)c(OCc2ccc([N+](=O)[O-])cc2)c(I)c1)C(=O)Nc1cccc(C(=O)O)c1. The van der Waals surface area contributed by atoms with Gasteiger partial charge >= 0.3 is 5.97 Å². The molecule has 0 bridgehead atoms. The number of nitriles is 1. The van der Waals surface area contributed by atoms with Crippen molar-refractivity contribution in [3.8, 4) is 11.8 Å². The molecule has 3 aromatic carbocycles. The van der Waals surface area contributed by atoms with E-state index in [1.807, 2.05) is 6.07 Å². The molecule has 0 saturated carbocycles. The van der Waals surface area contributed by atoms with Gasteiger partial charge < -0.3 is 15.2 Å². The minimum Gasteiger partial charge on any atom is -0.487 e. The standard InChI is InChI=1S/C24H15I2N3O6/c25-20-9-15(8-17(12-27)23(30)28-18-3-1-2-16(11-18)24(31)32)10-21(26)22(20)35-13-14-4-6-19(7-5-14)29(33)34/h1-11H,13H2,(H,28,30)(H,31,32)/b17-8-. The molecule has 0 aromatic heterocycles. The number of hydrogen-bond donors (Lipinski definition) is 2. The minimum atomic E-state index is -1.13. The minimum absolute atomic E-state index is 0.000903. The Labute approximate surface area is 226 Å². The van der Waals surface area contributed by atoms with Crippen molar-refractivity contribution >= 4 is 74.5 Å². The summed E-state index contributed by atoms with van der Waals surface area (Å²) in [4.78, 5) is 34.0. The van der Waals surface area contributed by atoms with Gasteiger partial charge in [0.05, 0.1) is 17.6 Å². The van der Waals surface area contributed by atoms with Gasteiger partial charge in [-0.15, -0.1) is 0 Å². The predicted octanol–water partition coefficient (Wildman–Crippen LogP) is 5.63. The molecule has 35 heavy (non-hydrogen) atoms. The van der Waals surface area contributed by atoms with Crippen LogP contribution in [0.15, 0.2) is 66.2 Å². The molecule has 0 radical (unpaired) electrons. The Hall–Kier alpha value is -3.51. The normalized spacial score (nSPS) is 10.8. The fourth-order valence-electron chi connectivity index (χ4n) is 2.91. The van der Waals surface area contributed by atoms with Gasteiger partial charge in [0.15, 0.2) is 0 Å². The molecule has 3 aromatic rings. The second kappa shape index (κ2) is 11.8. The van der Waals surface area contributed by atoms with Crippen LogP contribution in [0, 0.1) is 28.6 Å². The number of hydrogen-bond acceptors (Lipinski definition) is 6. The molecule has 0 unspecified atom stereocenters. The van der Waals surface area contributed by atoms with Crippen molar-refractivity contribution in [1.29, 1.82) is 5.26 Å². The number of aromatic carboxylic acids is 1. The average molecular weight is 695 g/mol. The van der Waals surface area contributed by atoms with Crippen LogP contribution in [0.25, 0.3) is 6.08 Å². The molecule has 0 aliphatic heterocycles. The number of anilines is 1. The van der Waals surface area contributed by atoms with E-state index < -0.39 is 16.8 Å². The Bertz CT molecular complexity index is 1360. The molecule has 3 rings (SSSR count). The van der Waals surface area contributed by atoms with Crippen LogP contribution < -0.4 is 10.1 Å². The number of carboxylic acids is 1. The third kappa shape index (κ3) is 6.99. The lowest BCUT2D eigenvalue weighted by molar-refractivity contribution is -0.384. The smallest absolute Gasteiger partial charge is 0.335 e. The van der Waals surface area contributed by atoms with Crippen LogP contribution in [0.5, 0.6) is 5.75 Å². The number of carbonyl (C=O) groups is 2. The zero-order valence-corrected chi connectivity index (χ0v) is 22.0. The van der Waals surface area contributed by atoms with E-state index in [1.54, 1.807) is 24.3 Å². The zero-order chi connectivity index (χ0) is 25.5. The van der Waals surface area contributed by atoms with E-state index in [2.05, 4.69) is 50.5 Å². The molecule has 0 aliphatic carbocycles. The highest BCUT2D eigenvalue weighted by Crippen LogP contribution is 2.31. The second-order valence-electron chi connectivity index (χ2n) is 7.04. The van der Waals surface area contributed by atoms with Gasteiger partial charge in [-0.05, 0) is 105 Å². The molecule has 0 saturated heterocycles. The van der Waals surface area contributed by atoms with Crippen LogP contribution in [-0.2, 0) is 11.4 Å². The summed E-state index contributed by atoms with van der Waals surface area (Å²) in [5.74, 6) is -1.19. The number of nitro groups is 1. The Morgan fingerprint density at radius 2 is 1.77 bits per heavy atom. The fraction of sp³-hybridized carbons (Fsp3) is 0.0417. The molecule has 1 amide bonds. The summed E-state index contributed by atoms with van der Waals surface area (Å²) in [6, 6.07) is 17.2. The number of rotatable bonds is 8. The third-order valence-electron chi connectivity index (χ3n) is 4.59. The van der Waals surface area contributed by atoms with Crippen LogP contribution in [0.1, 0.15) is 21.5 Å². The molecule has 9 nitrogen and oxygen atoms in total. The van der Waals surface area contributed by atoms with Crippen molar-refractivity contribution in [3.05, 3.63) is 100 Å². The van der Waals surface area contributed by atoms with E-state index in [9.17, 15) is 25.0 Å². The molecule has 0 aliphatic rings. The zero-order valence-electron chi connectivity index (χ0n) is 17.7. The van der Waals surface area contributed by atoms with Crippen LogP contribution in [0.4, 0.5) is 11.4 Å². The summed E-state index contributed by atoms with van der Waals surface area (Å²) in [5, 5.41) is 31.9. The number of carbonyl (C=O) groups excluding carboxylic acids is 1. The number of nitrogens with one attached hydrogen (secondary N) is 1. The van der Waals surface area contributed by atoms with Crippen molar-refractivity contribution in [2.75, 3.05) is 5.32 Å². The third-order valence-corrected chi connectivity index (χ3v) is 6.20. The molecule has 0 heterocycles. The Morgan fingerprint density at radius 3 is 2.34 bits per heavy atom. The van der Waals surface area contributed by atoms with Gasteiger partial charge in [-0.1, -0.05) is 6.07 Å². The first-order valence-corrected chi connectivity index (χ1v) is 12.0. The number of amides is 1. The van der Waals surface area contributed by atoms with Crippen molar-refractivity contribution in [2.45, 2.75) is 6.61 Å². The summed E-state index contributed by atoms with van der Waals surface area (Å²) in [5.41, 5.74) is 1.49. The van der Waals surface area contributed by atoms with Gasteiger partial charge in [0.25, 0.3) is 11.6 Å². The summed E-state index contributed by atoms with van der Waals surface area (Å²) >= 11 is 4.17. The van der Waals surface area contributed by atoms with Crippen molar-refractivity contribution < 1.29 is 24.4 Å². The van der Waals surface area contributed by atoms with Crippen LogP contribution in [0.3, 0.4) is 0 Å². The Balaban J connectivity index is 1.75. The number of benzene rings is 3. The Kier molecular flexibility index (Phi) is 8.77. The lowest BCUT2D eigenvalue weighted by Crippen LogP contribution is -2.14. The maximum Gasteiger partial charge on any atom is 0.335 e. The lowest BCUT2D eigenvalue weighted by atomic mass is 10.1. The molecular formula is C24H15I2N3O6. The molecule has 2 N–H and O–H groups in total. The predicted molar refractivity (Wildman–Crippen MR) is 145 cm³/mol. The van der Waals surface area contributed by atoms with E-state index >= 15 is 0 Å². The van der Waals surface area contributed by atoms with Crippen LogP contribution in [0.2, 0.25) is 0 Å². The fourth-order valence-corrected chi connectivity index (χ4v) is 5.04. The number of non-ortho nitro benzene ring substituents is 1. The number of nitrogens with zero attached hydrogens (tertiary/aromatic N) is 2. The number of carboxylic acid groups (broad SMARTS) is 1. The molecule has 176 valence electrons. The highest BCUT2D eigenvalue weighted by molar-refractivity contribution is 14.1. The first kappa shape index (κ1) is 26.1. The highest BCUT2D eigenvalue weighted by atomic mass is 127. The van der Waals surface area contributed by atoms with E-state index in [1.165, 1.54) is 42.5 Å². The topological polar surface area (TPSA) is 143 Å². The van der Waals surface area contributed by atoms with E-state index in [0.717, 1.165) is 12.7 Å². The lowest BCUT2D eigenvalue weighted by Gasteiger charge is -2.12. The summed E-state index contributed by atoms with van der Waals surface area (Å²) in [6.45, 7) is 0.209. The maximum absolute atomic E-state index is 12.6. The van der Waals surface area contributed by atoms with Crippen molar-refractivity contribution in [2.24, 2.45) is 0 Å². The van der Waals surface area contributed by atoms with Gasteiger partial charge in [0.2, 0.25) is 0 Å². The van der Waals surface area contributed by atoms with Crippen LogP contribution >= 0.6 is 45.2 Å². The molecule has 0 atom stereocenters. The molecule has 0 fully saturated rings. The monoisotopic (exact) mass is 695 g/mol. The first-order valence-electron chi connectivity index (χ1n) is 9.79. The number of nitro benzene ring substituents is 1. The van der Waals surface area contributed by atoms with Crippen molar-refractivity contribution in [3.63, 3.8) is 0 Å². The maximum atomic E-state index is 12.6. The van der Waals surface area contributed by atoms with Gasteiger partial charge in [-0.2, -0.15) is 5.26 Å². The van der Waals surface area contributed by atoms with Gasteiger partial charge in [-0.3, -0.25) is 14.9 Å². The largest absolute Gasteiger partial charge is 0.487 e. The number of ether oxygens (including phenoxy) is 1. The Morgan fingerprint density at radius 1 is 1.11 bits per heavy atom. The van der Waals surface area contributed by atoms with E-state index in [4.69, 9.17) is 9.84 Å². The van der Waals surface area contributed by atoms with Crippen LogP contribution in [-0.4, -0.2) is 21.9 Å². The van der Waals surface area contributed by atoms with E-state index in [-0.39, 0.29) is 29.1 Å².